The average Bonchev–Trinajstić information content (AvgIpc) is 2.99. The highest BCUT2D eigenvalue weighted by Crippen LogP contribution is 2.53. The van der Waals surface area contributed by atoms with Crippen molar-refractivity contribution in [1.29, 1.82) is 0 Å². The quantitative estimate of drug-likeness (QED) is 0.129. The first kappa shape index (κ1) is 38.7. The first-order valence-electron chi connectivity index (χ1n) is 17.1. The number of hydrogen-bond donors (Lipinski definition) is 3. The van der Waals surface area contributed by atoms with Gasteiger partial charge >= 0.3 is 8.80 Å². The number of aromatic hydroxyl groups is 2. The molecule has 0 bridgehead atoms. The van der Waals surface area contributed by atoms with Gasteiger partial charge in [0.25, 0.3) is 0 Å². The SMILES string of the molecule is CO[Si](CCCN=Cc1cc(C(C)(C)C)cc(C2N[C@@]3(/N=C/c4cc(C(C)(C)C)cc(C(C)(C)C)c4O)CCCC[C@@H]23)c1O)(O[Si])O[Si]. The molecule has 48 heavy (non-hydrogen) atoms. The lowest BCUT2D eigenvalue weighted by molar-refractivity contribution is -0.000797. The Morgan fingerprint density at radius 2 is 1.48 bits per heavy atom. The smallest absolute Gasteiger partial charge is 0.479 e. The van der Waals surface area contributed by atoms with E-state index in [1.807, 2.05) is 12.3 Å². The minimum atomic E-state index is -2.82. The molecule has 1 saturated heterocycles. The molecule has 1 saturated carbocycles. The number of phenols is 2. The fourth-order valence-electron chi connectivity index (χ4n) is 6.82. The molecule has 1 aliphatic heterocycles. The molecular weight excluding hydrogens is 651 g/mol. The van der Waals surface area contributed by atoms with Gasteiger partial charge in [-0.25, -0.2) is 0 Å². The molecule has 0 spiro atoms. The molecule has 2 aliphatic rings. The lowest BCUT2D eigenvalue weighted by atomic mass is 9.65. The molecule has 0 amide bonds. The van der Waals surface area contributed by atoms with E-state index in [1.165, 1.54) is 5.56 Å². The summed E-state index contributed by atoms with van der Waals surface area (Å²) in [6.07, 6.45) is 8.46. The van der Waals surface area contributed by atoms with Gasteiger partial charge in [0, 0.05) is 66.3 Å². The number of nitrogens with zero attached hydrogens (tertiary/aromatic N) is 2. The number of aliphatic imine (C=N–C) groups is 2. The fraction of sp³-hybridized carbons (Fsp3) is 0.622. The number of rotatable bonds is 11. The van der Waals surface area contributed by atoms with Crippen LogP contribution in [0.25, 0.3) is 0 Å². The summed E-state index contributed by atoms with van der Waals surface area (Å²) in [6.45, 7) is 20.1. The van der Waals surface area contributed by atoms with Crippen molar-refractivity contribution < 1.29 is 22.9 Å². The molecule has 3 N–H and O–H groups in total. The van der Waals surface area contributed by atoms with Gasteiger partial charge < -0.3 is 22.9 Å². The van der Waals surface area contributed by atoms with Crippen molar-refractivity contribution in [3.05, 3.63) is 57.6 Å². The third-order valence-corrected chi connectivity index (χ3v) is 14.1. The Balaban J connectivity index is 1.65. The van der Waals surface area contributed by atoms with Crippen molar-refractivity contribution in [2.75, 3.05) is 13.7 Å². The third-order valence-electron chi connectivity index (χ3n) is 9.98. The Hall–Kier alpha value is -2.13. The Morgan fingerprint density at radius 1 is 0.875 bits per heavy atom. The van der Waals surface area contributed by atoms with Crippen LogP contribution in [0, 0.1) is 5.92 Å². The van der Waals surface area contributed by atoms with Crippen LogP contribution in [-0.2, 0) is 28.9 Å². The second-order valence-corrected chi connectivity index (χ2v) is 20.5. The van der Waals surface area contributed by atoms with Crippen molar-refractivity contribution >= 4 is 42.2 Å². The highest BCUT2D eigenvalue weighted by atomic mass is 28.4. The average molecular weight is 706 g/mol. The molecule has 1 aliphatic carbocycles. The fourth-order valence-corrected chi connectivity index (χ4v) is 9.64. The number of fused-ring (bicyclic) bond motifs is 1. The van der Waals surface area contributed by atoms with Gasteiger partial charge in [-0.1, -0.05) is 74.8 Å². The molecular formula is C37H55N3O5Si3. The van der Waals surface area contributed by atoms with Gasteiger partial charge in [0.2, 0.25) is 21.0 Å². The van der Waals surface area contributed by atoms with E-state index < -0.39 is 14.5 Å². The Kier molecular flexibility index (Phi) is 11.8. The zero-order valence-electron chi connectivity index (χ0n) is 30.6. The zero-order valence-corrected chi connectivity index (χ0v) is 33.6. The molecule has 260 valence electrons. The summed E-state index contributed by atoms with van der Waals surface area (Å²) < 4.78 is 16.0. The Morgan fingerprint density at radius 3 is 2.04 bits per heavy atom. The summed E-state index contributed by atoms with van der Waals surface area (Å²) in [5, 5.41) is 26.9. The molecule has 4 rings (SSSR count). The second kappa shape index (κ2) is 14.6. The van der Waals surface area contributed by atoms with E-state index in [9.17, 15) is 10.2 Å². The maximum atomic E-state index is 11.7. The van der Waals surface area contributed by atoms with Gasteiger partial charge in [0.1, 0.15) is 17.2 Å². The van der Waals surface area contributed by atoms with Crippen LogP contribution in [0.5, 0.6) is 11.5 Å². The summed E-state index contributed by atoms with van der Waals surface area (Å²) >= 11 is 0. The zero-order chi connectivity index (χ0) is 35.7. The molecule has 1 unspecified atom stereocenters. The monoisotopic (exact) mass is 705 g/mol. The van der Waals surface area contributed by atoms with Crippen LogP contribution in [0.2, 0.25) is 6.04 Å². The van der Waals surface area contributed by atoms with Crippen molar-refractivity contribution in [1.82, 2.24) is 5.32 Å². The van der Waals surface area contributed by atoms with Crippen LogP contribution in [0.1, 0.15) is 134 Å². The van der Waals surface area contributed by atoms with Gasteiger partial charge in [-0.15, -0.1) is 0 Å². The molecule has 2 aromatic rings. The van der Waals surface area contributed by atoms with Gasteiger partial charge in [-0.05, 0) is 71.3 Å². The van der Waals surface area contributed by atoms with Crippen molar-refractivity contribution in [2.45, 2.75) is 128 Å². The van der Waals surface area contributed by atoms with Crippen LogP contribution in [0.15, 0.2) is 34.3 Å². The minimum Gasteiger partial charge on any atom is -0.507 e. The topological polar surface area (TPSA) is 105 Å². The van der Waals surface area contributed by atoms with E-state index in [0.717, 1.165) is 47.9 Å². The first-order chi connectivity index (χ1) is 22.3. The summed E-state index contributed by atoms with van der Waals surface area (Å²) in [5.41, 5.74) is 4.74. The van der Waals surface area contributed by atoms with E-state index in [2.05, 4.69) is 112 Å². The molecule has 3 atom stereocenters. The molecule has 2 aromatic carbocycles. The minimum absolute atomic E-state index is 0.0448. The van der Waals surface area contributed by atoms with E-state index in [4.69, 9.17) is 17.6 Å². The standard InChI is InChI=1S/C37H55N3O5Si3/c1-34(2,3)26-18-24(22-38-16-13-17-48(43-10,44-46)45-47)32(41)28(20-26)31-29-14-11-12-15-37(29,40-31)39-23-25-19-27(35(4,5)6)21-30(33(25)42)36(7,8)9/h18-23,29,31,40-42H,11-17H2,1-10H3/b38-22?,39-23+/t29-,31?,37-/m0/s1. The van der Waals surface area contributed by atoms with Gasteiger partial charge in [0.15, 0.2) is 0 Å². The largest absolute Gasteiger partial charge is 0.507 e. The van der Waals surface area contributed by atoms with E-state index in [-0.39, 0.29) is 34.0 Å². The lowest BCUT2D eigenvalue weighted by Gasteiger charge is -2.57. The third kappa shape index (κ3) is 8.25. The highest BCUT2D eigenvalue weighted by Gasteiger charge is 2.55. The molecule has 1 heterocycles. The lowest BCUT2D eigenvalue weighted by Crippen LogP contribution is -2.66. The molecule has 8 nitrogen and oxygen atoms in total. The number of phenolic OH excluding ortho intramolecular Hbond substituents is 2. The van der Waals surface area contributed by atoms with E-state index in [0.29, 0.717) is 30.3 Å². The van der Waals surface area contributed by atoms with E-state index >= 15 is 0 Å². The Bertz CT molecular complexity index is 1500. The van der Waals surface area contributed by atoms with Crippen LogP contribution in [0.3, 0.4) is 0 Å². The highest BCUT2D eigenvalue weighted by molar-refractivity contribution is 6.66. The van der Waals surface area contributed by atoms with Crippen molar-refractivity contribution in [3.63, 3.8) is 0 Å². The van der Waals surface area contributed by atoms with Crippen LogP contribution >= 0.6 is 0 Å². The number of benzene rings is 2. The normalized spacial score (nSPS) is 22.3. The van der Waals surface area contributed by atoms with Gasteiger partial charge in [0.05, 0.1) is 0 Å². The second-order valence-electron chi connectivity index (χ2n) is 16.6. The summed E-state index contributed by atoms with van der Waals surface area (Å²) in [4.78, 5) is 9.89. The number of nitrogens with one attached hydrogen (secondary N) is 1. The molecule has 11 heteroatoms. The van der Waals surface area contributed by atoms with Crippen LogP contribution in [0.4, 0.5) is 0 Å². The van der Waals surface area contributed by atoms with Gasteiger partial charge in [-0.2, -0.15) is 0 Å². The molecule has 0 aromatic heterocycles. The Labute approximate surface area is 296 Å². The van der Waals surface area contributed by atoms with Crippen molar-refractivity contribution in [3.8, 4) is 11.5 Å². The summed E-state index contributed by atoms with van der Waals surface area (Å²) in [6, 6.07) is 8.94. The van der Waals surface area contributed by atoms with Gasteiger partial charge in [-0.3, -0.25) is 15.3 Å². The van der Waals surface area contributed by atoms with E-state index in [1.54, 1.807) is 13.3 Å². The maximum Gasteiger partial charge on any atom is 0.479 e. The predicted molar refractivity (Wildman–Crippen MR) is 199 cm³/mol. The van der Waals surface area contributed by atoms with Crippen LogP contribution in [-0.4, -0.2) is 71.7 Å². The summed E-state index contributed by atoms with van der Waals surface area (Å²) in [7, 11) is 4.90. The number of hydrogen-bond acceptors (Lipinski definition) is 8. The molecule has 2 fully saturated rings. The predicted octanol–water partition coefficient (Wildman–Crippen LogP) is 7.23. The van der Waals surface area contributed by atoms with Crippen LogP contribution < -0.4 is 5.32 Å². The maximum absolute atomic E-state index is 11.7. The van der Waals surface area contributed by atoms with Crippen molar-refractivity contribution in [2.24, 2.45) is 15.9 Å². The molecule has 6 radical (unpaired) electrons. The summed E-state index contributed by atoms with van der Waals surface area (Å²) in [5.74, 6) is 0.766. The first-order valence-corrected chi connectivity index (χ1v) is 19.9.